The van der Waals surface area contributed by atoms with E-state index in [1.807, 2.05) is 6.92 Å². The van der Waals surface area contributed by atoms with Crippen LogP contribution >= 0.6 is 23.2 Å². The minimum atomic E-state index is -0.827. The Labute approximate surface area is 165 Å². The standard InChI is InChI=1S/C18H14Cl2N5O2/c1-9-16(21)25-18(24-9)4-5-27-14-3-2-11(7-12(14)18)23-17(26)15-13(20)6-10(19)8-22-15/h2-3,6-8H,4-5H2,1H3,(H2,21,25). The van der Waals surface area contributed by atoms with Gasteiger partial charge in [-0.05, 0) is 31.2 Å². The number of benzene rings is 1. The predicted molar refractivity (Wildman–Crippen MR) is 103 cm³/mol. The fraction of sp³-hybridized carbons (Fsp3) is 0.222. The van der Waals surface area contributed by atoms with Gasteiger partial charge in [-0.25, -0.2) is 15.3 Å². The second-order valence-corrected chi connectivity index (χ2v) is 7.03. The molecule has 1 radical (unpaired) electrons. The van der Waals surface area contributed by atoms with Gasteiger partial charge in [-0.1, -0.05) is 23.2 Å². The summed E-state index contributed by atoms with van der Waals surface area (Å²) < 4.78 is 5.70. The zero-order valence-electron chi connectivity index (χ0n) is 14.2. The summed E-state index contributed by atoms with van der Waals surface area (Å²) in [7, 11) is 0. The molecule has 2 N–H and O–H groups in total. The van der Waals surface area contributed by atoms with Crippen molar-refractivity contribution in [3.8, 4) is 5.75 Å². The van der Waals surface area contributed by atoms with E-state index in [1.54, 1.807) is 18.2 Å². The van der Waals surface area contributed by atoms with E-state index < -0.39 is 11.6 Å². The van der Waals surface area contributed by atoms with Gasteiger partial charge in [-0.2, -0.15) is 0 Å². The summed E-state index contributed by atoms with van der Waals surface area (Å²) in [5.41, 5.74) is 6.95. The van der Waals surface area contributed by atoms with Crippen LogP contribution in [-0.4, -0.2) is 29.0 Å². The molecule has 0 saturated heterocycles. The van der Waals surface area contributed by atoms with Crippen molar-refractivity contribution in [1.29, 1.82) is 0 Å². The second-order valence-electron chi connectivity index (χ2n) is 6.19. The minimum absolute atomic E-state index is 0.0294. The summed E-state index contributed by atoms with van der Waals surface area (Å²) in [5.74, 6) is 0.472. The smallest absolute Gasteiger partial charge is 0.297 e. The Bertz CT molecular complexity index is 1000. The Hall–Kier alpha value is -2.64. The van der Waals surface area contributed by atoms with Gasteiger partial charge in [0.2, 0.25) is 0 Å². The number of hydrogen-bond acceptors (Lipinski definition) is 6. The Morgan fingerprint density at radius 2 is 2.11 bits per heavy atom. The fourth-order valence-electron chi connectivity index (χ4n) is 3.08. The van der Waals surface area contributed by atoms with Gasteiger partial charge in [0.1, 0.15) is 17.3 Å². The molecule has 3 heterocycles. The number of hydrogen-bond donors (Lipinski definition) is 1. The van der Waals surface area contributed by atoms with Crippen LogP contribution in [0.3, 0.4) is 0 Å². The number of carbonyl (C=O) groups excluding carboxylic acids is 1. The number of pyridine rings is 1. The van der Waals surface area contributed by atoms with Crippen molar-refractivity contribution in [3.63, 3.8) is 0 Å². The lowest BCUT2D eigenvalue weighted by Gasteiger charge is -2.30. The highest BCUT2D eigenvalue weighted by molar-refractivity contribution is 6.41. The second kappa shape index (κ2) is 6.51. The molecule has 1 amide bonds. The number of aromatic nitrogens is 1. The number of halogens is 2. The van der Waals surface area contributed by atoms with Crippen LogP contribution in [0.5, 0.6) is 5.75 Å². The van der Waals surface area contributed by atoms with Gasteiger partial charge in [0.05, 0.1) is 28.1 Å². The maximum absolute atomic E-state index is 12.5. The molecule has 0 saturated carbocycles. The number of amidine groups is 1. The number of nitrogens with zero attached hydrogens (tertiary/aromatic N) is 4. The van der Waals surface area contributed by atoms with Crippen LogP contribution in [0.15, 0.2) is 40.4 Å². The maximum atomic E-state index is 12.5. The van der Waals surface area contributed by atoms with Gasteiger partial charge >= 0.3 is 0 Å². The minimum Gasteiger partial charge on any atom is -0.493 e. The van der Waals surface area contributed by atoms with E-state index in [2.05, 4.69) is 20.3 Å². The largest absolute Gasteiger partial charge is 0.493 e. The first-order chi connectivity index (χ1) is 12.9. The summed E-state index contributed by atoms with van der Waals surface area (Å²) in [6.45, 7) is 2.29. The first kappa shape index (κ1) is 17.8. The predicted octanol–water partition coefficient (Wildman–Crippen LogP) is 3.23. The maximum Gasteiger partial charge on any atom is 0.297 e. The molecule has 7 nitrogen and oxygen atoms in total. The number of nitrogens with two attached hydrogens (primary N) is 1. The summed E-state index contributed by atoms with van der Waals surface area (Å²) >= 11 is 11.9. The van der Waals surface area contributed by atoms with Gasteiger partial charge in [-0.3, -0.25) is 9.79 Å². The third-order valence-corrected chi connectivity index (χ3v) is 4.87. The van der Waals surface area contributed by atoms with Gasteiger partial charge in [0, 0.05) is 18.2 Å². The van der Waals surface area contributed by atoms with Crippen molar-refractivity contribution in [3.05, 3.63) is 51.8 Å². The molecule has 1 spiro atoms. The number of amides is 1. The van der Waals surface area contributed by atoms with Gasteiger partial charge in [0.15, 0.2) is 5.66 Å². The van der Waals surface area contributed by atoms with E-state index in [0.717, 1.165) is 5.56 Å². The van der Waals surface area contributed by atoms with E-state index in [1.165, 1.54) is 12.3 Å². The molecule has 0 aliphatic carbocycles. The molecule has 0 bridgehead atoms. The van der Waals surface area contributed by atoms with Crippen molar-refractivity contribution in [1.82, 2.24) is 10.3 Å². The Kier molecular flexibility index (Phi) is 4.28. The van der Waals surface area contributed by atoms with Crippen molar-refractivity contribution in [2.24, 2.45) is 15.7 Å². The van der Waals surface area contributed by atoms with E-state index >= 15 is 0 Å². The molecule has 1 atom stereocenters. The van der Waals surface area contributed by atoms with E-state index in [4.69, 9.17) is 33.7 Å². The first-order valence-corrected chi connectivity index (χ1v) is 8.90. The molecule has 1 aromatic heterocycles. The number of carbonyl (C=O) groups is 1. The zero-order valence-corrected chi connectivity index (χ0v) is 15.8. The van der Waals surface area contributed by atoms with Crippen LogP contribution in [-0.2, 0) is 5.66 Å². The SMILES string of the molecule is CC1=NC2(CCOc3ccc([N]C(=O)c4ncc(Cl)cc4Cl)cc32)N=C1N. The molecule has 9 heteroatoms. The van der Waals surface area contributed by atoms with Crippen molar-refractivity contribution in [2.45, 2.75) is 19.0 Å². The molecule has 1 aromatic carbocycles. The molecule has 2 aliphatic rings. The lowest BCUT2D eigenvalue weighted by atomic mass is 9.94. The molecular formula is C18H14Cl2N5O2. The van der Waals surface area contributed by atoms with Crippen LogP contribution in [0, 0.1) is 0 Å². The monoisotopic (exact) mass is 402 g/mol. The Morgan fingerprint density at radius 3 is 2.81 bits per heavy atom. The topological polar surface area (TPSA) is 104 Å². The molecule has 137 valence electrons. The van der Waals surface area contributed by atoms with Crippen LogP contribution in [0.2, 0.25) is 10.0 Å². The van der Waals surface area contributed by atoms with Crippen LogP contribution in [0.25, 0.3) is 0 Å². The van der Waals surface area contributed by atoms with E-state index in [9.17, 15) is 4.79 Å². The molecule has 1 unspecified atom stereocenters. The molecule has 27 heavy (non-hydrogen) atoms. The highest BCUT2D eigenvalue weighted by atomic mass is 35.5. The molecule has 2 aliphatic heterocycles. The average molecular weight is 403 g/mol. The zero-order chi connectivity index (χ0) is 19.2. The van der Waals surface area contributed by atoms with Gasteiger partial charge < -0.3 is 10.5 Å². The molecule has 2 aromatic rings. The quantitative estimate of drug-likeness (QED) is 0.831. The van der Waals surface area contributed by atoms with Gasteiger partial charge in [0.25, 0.3) is 5.91 Å². The lowest BCUT2D eigenvalue weighted by molar-refractivity contribution is 0.0964. The summed E-state index contributed by atoms with van der Waals surface area (Å²) in [4.78, 5) is 25.6. The van der Waals surface area contributed by atoms with Crippen molar-refractivity contribution < 1.29 is 9.53 Å². The van der Waals surface area contributed by atoms with Crippen molar-refractivity contribution >= 4 is 46.3 Å². The Balaban J connectivity index is 1.68. The third-order valence-electron chi connectivity index (χ3n) is 4.37. The molecule has 0 fully saturated rings. The van der Waals surface area contributed by atoms with E-state index in [-0.39, 0.29) is 10.7 Å². The number of ether oxygens (including phenoxy) is 1. The molecule has 4 rings (SSSR count). The average Bonchev–Trinajstić information content (AvgIpc) is 2.90. The summed E-state index contributed by atoms with van der Waals surface area (Å²) in [5, 5.41) is 4.59. The highest BCUT2D eigenvalue weighted by Gasteiger charge is 2.41. The first-order valence-electron chi connectivity index (χ1n) is 8.14. The van der Waals surface area contributed by atoms with E-state index in [0.29, 0.717) is 41.0 Å². The molecular weight excluding hydrogens is 389 g/mol. The number of aliphatic imine (C=N–C) groups is 2. The van der Waals surface area contributed by atoms with Crippen LogP contribution in [0.4, 0.5) is 5.69 Å². The van der Waals surface area contributed by atoms with Crippen LogP contribution in [0.1, 0.15) is 29.4 Å². The summed E-state index contributed by atoms with van der Waals surface area (Å²) in [6, 6.07) is 6.60. The lowest BCUT2D eigenvalue weighted by Crippen LogP contribution is -2.28. The third kappa shape index (κ3) is 3.13. The fourth-order valence-corrected chi connectivity index (χ4v) is 3.54. The Morgan fingerprint density at radius 1 is 1.30 bits per heavy atom. The van der Waals surface area contributed by atoms with Crippen molar-refractivity contribution in [2.75, 3.05) is 6.61 Å². The summed E-state index contributed by atoms with van der Waals surface area (Å²) in [6.07, 6.45) is 1.90. The van der Waals surface area contributed by atoms with Crippen LogP contribution < -0.4 is 15.8 Å². The number of fused-ring (bicyclic) bond motifs is 2. The highest BCUT2D eigenvalue weighted by Crippen LogP contribution is 2.44. The normalized spacial score (nSPS) is 20.6. The van der Waals surface area contributed by atoms with Gasteiger partial charge in [-0.15, -0.1) is 0 Å². The number of rotatable bonds is 2.